The third kappa shape index (κ3) is 1010. The van der Waals surface area contributed by atoms with Gasteiger partial charge in [-0.15, -0.1) is 0 Å². The molecule has 0 aliphatic heterocycles. The topological polar surface area (TPSA) is 214 Å². The molecular weight excluding hydrogens is 160 g/mol. The van der Waals surface area contributed by atoms with Gasteiger partial charge in [0.2, 0.25) is 0 Å². The number of hydrogen-bond donors (Lipinski definition) is 0. The average molecular weight is 170 g/mol. The normalized spacial score (nSPS) is 0. The maximum Gasteiger partial charge on any atom is 4.00 e. The summed E-state index contributed by atoms with van der Waals surface area (Å²) in [4.78, 5) is 0. The molecule has 0 aromatic carbocycles. The third-order valence-corrected chi connectivity index (χ3v) is 0. The largest absolute Gasteiger partial charge is 4.00 e. The van der Waals surface area contributed by atoms with E-state index >= 15 is 0 Å². The fourth-order valence-electron chi connectivity index (χ4n) is 0. The molecule has 0 spiro atoms. The first kappa shape index (κ1) is 2470. The number of hydrogen-bond acceptors (Lipinski definition) is 4. The van der Waals surface area contributed by atoms with Gasteiger partial charge in [-0.25, -0.2) is 0 Å². The third-order valence-electron chi connectivity index (χ3n) is 0. The summed E-state index contributed by atoms with van der Waals surface area (Å²) < 4.78 is 0. The van der Waals surface area contributed by atoms with Gasteiger partial charge in [-0.3, -0.25) is 0 Å². The van der Waals surface area contributed by atoms with Gasteiger partial charge in [-0.05, 0) is 0 Å². The summed E-state index contributed by atoms with van der Waals surface area (Å²) in [6.45, 7) is 0. The molecule has 0 unspecified atom stereocenters. The van der Waals surface area contributed by atoms with E-state index in [1.54, 1.807) is 0 Å². The average Bonchev–Trinajstić information content (AvgIpc) is 0. The smallest absolute Gasteiger partial charge is 0.870 e. The molecule has 0 heterocycles. The maximum atomic E-state index is 0. The zero-order valence-corrected chi connectivity index (χ0v) is 5.35. The van der Waals surface area contributed by atoms with E-state index in [-0.39, 0.29) is 60.1 Å². The molecule has 0 aromatic rings. The zero-order valence-electron chi connectivity index (χ0n) is 3.79. The van der Waals surface area contributed by atoms with Crippen LogP contribution in [0.25, 0.3) is 0 Å². The van der Waals surface area contributed by atoms with Crippen LogP contribution in [0.1, 0.15) is 0 Å². The van der Waals surface area contributed by atoms with Gasteiger partial charge in [0.1, 0.15) is 0 Å². The van der Waals surface area contributed by atoms with E-state index in [2.05, 4.69) is 0 Å². The van der Waals surface area contributed by atoms with Crippen molar-refractivity contribution in [1.82, 2.24) is 0 Å². The van der Waals surface area contributed by atoms with E-state index < -0.39 is 0 Å². The van der Waals surface area contributed by atoms with E-state index in [1.165, 1.54) is 0 Å². The van der Waals surface area contributed by atoms with Gasteiger partial charge in [0.15, 0.2) is 0 Å². The van der Waals surface area contributed by atoms with Crippen LogP contribution in [0.4, 0.5) is 0 Å². The van der Waals surface area contributed by atoms with Gasteiger partial charge in [0.05, 0.1) is 0 Å². The molecule has 0 atom stereocenters. The molecule has 0 aliphatic rings. The summed E-state index contributed by atoms with van der Waals surface area (Å²) >= 11 is 0. The quantitative estimate of drug-likeness (QED) is 0.343. The predicted molar refractivity (Wildman–Crippen MR) is 18.6 cm³/mol. The molecule has 7 nitrogen and oxygen atoms in total. The van der Waals surface area contributed by atoms with E-state index in [1.807, 2.05) is 0 Å². The van der Waals surface area contributed by atoms with Gasteiger partial charge in [0, 0.05) is 0 Å². The summed E-state index contributed by atoms with van der Waals surface area (Å²) in [5, 5.41) is 0. The van der Waals surface area contributed by atoms with Crippen LogP contribution in [0.3, 0.4) is 0 Å². The van der Waals surface area contributed by atoms with Crippen molar-refractivity contribution < 1.29 is 60.1 Å². The summed E-state index contributed by atoms with van der Waals surface area (Å²) in [6.07, 6.45) is 0. The van der Waals surface area contributed by atoms with Gasteiger partial charge in [-0.1, -0.05) is 0 Å². The molecule has 0 aliphatic carbocycles. The summed E-state index contributed by atoms with van der Waals surface area (Å²) in [7, 11) is 0. The van der Waals surface area contributed by atoms with Gasteiger partial charge in [-0.2, -0.15) is 0 Å². The van der Waals surface area contributed by atoms with E-state index in [0.717, 1.165) is 0 Å². The van der Waals surface area contributed by atoms with Crippen molar-refractivity contribution in [3.63, 3.8) is 0 Å². The monoisotopic (exact) mass is 170 g/mol. The van der Waals surface area contributed by atoms with Crippen LogP contribution in [0.5, 0.6) is 0 Å². The minimum absolute atomic E-state index is 0. The standard InChI is InChI=1S/7H2O.Ti/h7*1H2;/q;;;;;;;+4/p-4. The summed E-state index contributed by atoms with van der Waals surface area (Å²) in [6, 6.07) is 0. The van der Waals surface area contributed by atoms with Gasteiger partial charge < -0.3 is 38.3 Å². The Morgan fingerprint density at radius 2 is 0.375 bits per heavy atom. The molecule has 10 N–H and O–H groups in total. The minimum atomic E-state index is 0. The Bertz CT molecular complexity index is 4.35. The molecule has 0 bridgehead atoms. The van der Waals surface area contributed by atoms with E-state index in [4.69, 9.17) is 0 Å². The molecule has 8 heteroatoms. The van der Waals surface area contributed by atoms with Crippen LogP contribution in [0, 0.1) is 0 Å². The van der Waals surface area contributed by atoms with Crippen molar-refractivity contribution in [3.8, 4) is 0 Å². The van der Waals surface area contributed by atoms with Crippen LogP contribution in [-0.4, -0.2) is 38.3 Å². The molecular formula is H10O7Ti. The molecule has 0 amide bonds. The zero-order chi connectivity index (χ0) is 0. The van der Waals surface area contributed by atoms with Crippen molar-refractivity contribution >= 4 is 0 Å². The first-order chi connectivity index (χ1) is 0. The Balaban J connectivity index is 0. The fraction of sp³-hybridized carbons (Fsp3) is 0. The maximum absolute atomic E-state index is 0. The van der Waals surface area contributed by atoms with Crippen molar-refractivity contribution in [2.24, 2.45) is 0 Å². The Morgan fingerprint density at radius 1 is 0.375 bits per heavy atom. The number of rotatable bonds is 0. The van der Waals surface area contributed by atoms with Crippen LogP contribution < -0.4 is 0 Å². The molecule has 0 aromatic heterocycles. The van der Waals surface area contributed by atoms with E-state index in [9.17, 15) is 0 Å². The Kier molecular flexibility index (Phi) is 504000. The molecule has 0 radical (unpaired) electrons. The SMILES string of the molecule is O.O.O.[OH-].[OH-].[OH-].[OH-].[Ti+4]. The Morgan fingerprint density at radius 3 is 0.375 bits per heavy atom. The second-order valence-corrected chi connectivity index (χ2v) is 0. The second kappa shape index (κ2) is 1630. The van der Waals surface area contributed by atoms with Crippen LogP contribution >= 0.6 is 0 Å². The molecule has 0 rings (SSSR count). The molecule has 0 saturated heterocycles. The van der Waals surface area contributed by atoms with Crippen LogP contribution in [0.15, 0.2) is 0 Å². The van der Waals surface area contributed by atoms with Gasteiger partial charge >= 0.3 is 21.7 Å². The molecule has 0 saturated carbocycles. The first-order valence-electron chi connectivity index (χ1n) is 0. The predicted octanol–water partition coefficient (Wildman–Crippen LogP) is -3.18. The van der Waals surface area contributed by atoms with Crippen molar-refractivity contribution in [1.29, 1.82) is 0 Å². The minimum Gasteiger partial charge on any atom is -0.870 e. The molecule has 56 valence electrons. The van der Waals surface area contributed by atoms with Crippen molar-refractivity contribution in [2.45, 2.75) is 0 Å². The summed E-state index contributed by atoms with van der Waals surface area (Å²) in [5.74, 6) is 0. The van der Waals surface area contributed by atoms with Crippen LogP contribution in [-0.2, 0) is 21.7 Å². The fourth-order valence-corrected chi connectivity index (χ4v) is 0. The second-order valence-electron chi connectivity index (χ2n) is 0. The Labute approximate surface area is 60.7 Å². The van der Waals surface area contributed by atoms with Crippen molar-refractivity contribution in [3.05, 3.63) is 0 Å². The first-order valence-corrected chi connectivity index (χ1v) is 0. The summed E-state index contributed by atoms with van der Waals surface area (Å²) in [5.41, 5.74) is 0. The van der Waals surface area contributed by atoms with Crippen LogP contribution in [0.2, 0.25) is 0 Å². The van der Waals surface area contributed by atoms with Gasteiger partial charge in [0.25, 0.3) is 0 Å². The van der Waals surface area contributed by atoms with E-state index in [0.29, 0.717) is 0 Å². The molecule has 8 heavy (non-hydrogen) atoms. The molecule has 0 fully saturated rings. The van der Waals surface area contributed by atoms with Crippen molar-refractivity contribution in [2.75, 3.05) is 0 Å². The Hall–Kier alpha value is 0.434.